The molecule has 0 amide bonds. The molecule has 0 aliphatic carbocycles. The van der Waals surface area contributed by atoms with Gasteiger partial charge in [-0.2, -0.15) is 0 Å². The summed E-state index contributed by atoms with van der Waals surface area (Å²) >= 11 is 0. The van der Waals surface area contributed by atoms with Crippen LogP contribution in [0.2, 0.25) is 0 Å². The molecule has 4 heteroatoms. The van der Waals surface area contributed by atoms with Crippen LogP contribution in [0, 0.1) is 6.92 Å². The minimum Gasteiger partial charge on any atom is -0.493 e. The molecule has 2 N–H and O–H groups in total. The van der Waals surface area contributed by atoms with E-state index in [9.17, 15) is 0 Å². The summed E-state index contributed by atoms with van der Waals surface area (Å²) < 4.78 is 5.71. The van der Waals surface area contributed by atoms with E-state index in [-0.39, 0.29) is 0 Å². The minimum absolute atomic E-state index is 0.480. The smallest absolute Gasteiger partial charge is 0.488 e. The normalized spacial score (nSPS) is 10.3. The van der Waals surface area contributed by atoms with Crippen LogP contribution in [0.25, 0.3) is 0 Å². The maximum absolute atomic E-state index is 9.08. The summed E-state index contributed by atoms with van der Waals surface area (Å²) in [7, 11) is -1.43. The molecule has 0 aromatic heterocycles. The quantitative estimate of drug-likeness (QED) is 0.793. The van der Waals surface area contributed by atoms with Crippen molar-refractivity contribution in [3.63, 3.8) is 0 Å². The monoisotopic (exact) mass is 256 g/mol. The molecule has 19 heavy (non-hydrogen) atoms. The second-order valence-corrected chi connectivity index (χ2v) is 4.48. The highest BCUT2D eigenvalue weighted by Gasteiger charge is 2.12. The summed E-state index contributed by atoms with van der Waals surface area (Å²) in [6.07, 6.45) is 0.852. The number of hydrogen-bond acceptors (Lipinski definition) is 3. The first-order valence-corrected chi connectivity index (χ1v) is 6.30. The largest absolute Gasteiger partial charge is 0.493 e. The lowest BCUT2D eigenvalue weighted by Crippen LogP contribution is -2.29. The van der Waals surface area contributed by atoms with E-state index in [4.69, 9.17) is 14.8 Å². The van der Waals surface area contributed by atoms with E-state index in [1.807, 2.05) is 25.1 Å². The Bertz CT molecular complexity index is 526. The lowest BCUT2D eigenvalue weighted by molar-refractivity contribution is 0.320. The van der Waals surface area contributed by atoms with Gasteiger partial charge in [0.2, 0.25) is 0 Å². The summed E-state index contributed by atoms with van der Waals surface area (Å²) in [4.78, 5) is 0. The predicted octanol–water partition coefficient (Wildman–Crippen LogP) is 1.30. The Kier molecular flexibility index (Phi) is 4.60. The third-order valence-electron chi connectivity index (χ3n) is 2.99. The van der Waals surface area contributed by atoms with E-state index < -0.39 is 7.12 Å². The average Bonchev–Trinajstić information content (AvgIpc) is 2.41. The van der Waals surface area contributed by atoms with Crippen LogP contribution in [-0.4, -0.2) is 23.8 Å². The molecule has 0 saturated heterocycles. The molecule has 3 nitrogen and oxygen atoms in total. The molecule has 0 atom stereocenters. The zero-order valence-electron chi connectivity index (χ0n) is 10.9. The number of hydrogen-bond donors (Lipinski definition) is 2. The molecule has 2 rings (SSSR count). The van der Waals surface area contributed by atoms with Crippen LogP contribution < -0.4 is 10.2 Å². The van der Waals surface area contributed by atoms with Crippen molar-refractivity contribution in [1.29, 1.82) is 0 Å². The van der Waals surface area contributed by atoms with Crippen molar-refractivity contribution >= 4 is 12.6 Å². The van der Waals surface area contributed by atoms with Crippen LogP contribution in [0.4, 0.5) is 0 Å². The molecule has 0 aliphatic heterocycles. The third-order valence-corrected chi connectivity index (χ3v) is 2.99. The van der Waals surface area contributed by atoms with Crippen molar-refractivity contribution in [2.24, 2.45) is 0 Å². The van der Waals surface area contributed by atoms with Gasteiger partial charge in [-0.3, -0.25) is 0 Å². The van der Waals surface area contributed by atoms with Crippen molar-refractivity contribution in [3.8, 4) is 5.75 Å². The highest BCUT2D eigenvalue weighted by atomic mass is 16.5. The Morgan fingerprint density at radius 1 is 1.05 bits per heavy atom. The molecule has 0 aliphatic rings. The van der Waals surface area contributed by atoms with Crippen LogP contribution in [0.3, 0.4) is 0 Å². The summed E-state index contributed by atoms with van der Waals surface area (Å²) in [5.74, 6) is 0.778. The van der Waals surface area contributed by atoms with Gasteiger partial charge in [0.25, 0.3) is 0 Å². The number of rotatable bonds is 5. The zero-order valence-corrected chi connectivity index (χ0v) is 10.9. The SMILES string of the molecule is Cc1cc(B(O)O)ccc1OCCc1ccccc1. The first-order valence-electron chi connectivity index (χ1n) is 6.30. The van der Waals surface area contributed by atoms with Gasteiger partial charge in [-0.1, -0.05) is 42.5 Å². The van der Waals surface area contributed by atoms with Crippen molar-refractivity contribution in [2.75, 3.05) is 6.61 Å². The second kappa shape index (κ2) is 6.41. The average molecular weight is 256 g/mol. The molecule has 2 aromatic carbocycles. The van der Waals surface area contributed by atoms with E-state index in [1.54, 1.807) is 18.2 Å². The fraction of sp³-hybridized carbons (Fsp3) is 0.200. The standard InChI is InChI=1S/C15H17BO3/c1-12-11-14(16(17)18)7-8-15(12)19-10-9-13-5-3-2-4-6-13/h2-8,11,17-18H,9-10H2,1H3. The number of ether oxygens (including phenoxy) is 1. The molecule has 0 heterocycles. The van der Waals surface area contributed by atoms with Gasteiger partial charge in [-0.05, 0) is 29.6 Å². The summed E-state index contributed by atoms with van der Waals surface area (Å²) in [5.41, 5.74) is 2.62. The van der Waals surface area contributed by atoms with Crippen LogP contribution in [-0.2, 0) is 6.42 Å². The Balaban J connectivity index is 1.93. The lowest BCUT2D eigenvalue weighted by atomic mass is 9.79. The van der Waals surface area contributed by atoms with Crippen molar-refractivity contribution in [1.82, 2.24) is 0 Å². The molecule has 0 saturated carbocycles. The van der Waals surface area contributed by atoms with Crippen molar-refractivity contribution < 1.29 is 14.8 Å². The molecule has 0 fully saturated rings. The van der Waals surface area contributed by atoms with Gasteiger partial charge in [0.1, 0.15) is 5.75 Å². The van der Waals surface area contributed by atoms with Crippen LogP contribution in [0.1, 0.15) is 11.1 Å². The van der Waals surface area contributed by atoms with Gasteiger partial charge in [0.05, 0.1) is 6.61 Å². The van der Waals surface area contributed by atoms with Crippen LogP contribution in [0.5, 0.6) is 5.75 Å². The van der Waals surface area contributed by atoms with Gasteiger partial charge in [0, 0.05) is 6.42 Å². The highest BCUT2D eigenvalue weighted by molar-refractivity contribution is 6.58. The van der Waals surface area contributed by atoms with Gasteiger partial charge in [0.15, 0.2) is 0 Å². The molecule has 98 valence electrons. The first-order chi connectivity index (χ1) is 9.16. The topological polar surface area (TPSA) is 49.7 Å². The van der Waals surface area contributed by atoms with E-state index in [2.05, 4.69) is 12.1 Å². The van der Waals surface area contributed by atoms with Crippen molar-refractivity contribution in [2.45, 2.75) is 13.3 Å². The zero-order chi connectivity index (χ0) is 13.7. The maximum Gasteiger partial charge on any atom is 0.488 e. The maximum atomic E-state index is 9.08. The Morgan fingerprint density at radius 3 is 2.42 bits per heavy atom. The summed E-state index contributed by atoms with van der Waals surface area (Å²) in [6, 6.07) is 15.3. The van der Waals surface area contributed by atoms with Crippen molar-refractivity contribution in [3.05, 3.63) is 59.7 Å². The number of benzene rings is 2. The minimum atomic E-state index is -1.43. The Hall–Kier alpha value is -1.78. The summed E-state index contributed by atoms with van der Waals surface area (Å²) in [6.45, 7) is 2.50. The first kappa shape index (κ1) is 13.7. The van der Waals surface area contributed by atoms with E-state index in [1.165, 1.54) is 5.56 Å². The van der Waals surface area contributed by atoms with Gasteiger partial charge < -0.3 is 14.8 Å². The van der Waals surface area contributed by atoms with E-state index >= 15 is 0 Å². The molecule has 2 aromatic rings. The van der Waals surface area contributed by atoms with E-state index in [0.717, 1.165) is 17.7 Å². The second-order valence-electron chi connectivity index (χ2n) is 4.48. The molecular weight excluding hydrogens is 239 g/mol. The Morgan fingerprint density at radius 2 is 1.79 bits per heavy atom. The van der Waals surface area contributed by atoms with Crippen LogP contribution >= 0.6 is 0 Å². The molecule has 0 radical (unpaired) electrons. The molecule has 0 spiro atoms. The van der Waals surface area contributed by atoms with E-state index in [0.29, 0.717) is 12.1 Å². The lowest BCUT2D eigenvalue weighted by Gasteiger charge is -2.10. The molecule has 0 bridgehead atoms. The predicted molar refractivity (Wildman–Crippen MR) is 76.6 cm³/mol. The van der Waals surface area contributed by atoms with Gasteiger partial charge in [-0.15, -0.1) is 0 Å². The molecular formula is C15H17BO3. The Labute approximate surface area is 113 Å². The van der Waals surface area contributed by atoms with Gasteiger partial charge >= 0.3 is 7.12 Å². The number of aryl methyl sites for hydroxylation is 1. The third kappa shape index (κ3) is 3.84. The van der Waals surface area contributed by atoms with Crippen LogP contribution in [0.15, 0.2) is 48.5 Å². The summed E-state index contributed by atoms with van der Waals surface area (Å²) in [5, 5.41) is 18.2. The van der Waals surface area contributed by atoms with Gasteiger partial charge in [-0.25, -0.2) is 0 Å². The fourth-order valence-corrected chi connectivity index (χ4v) is 1.92. The fourth-order valence-electron chi connectivity index (χ4n) is 1.92. The highest BCUT2D eigenvalue weighted by Crippen LogP contribution is 2.16. The molecule has 0 unspecified atom stereocenters.